The molecule has 0 radical (unpaired) electrons. The van der Waals surface area contributed by atoms with Crippen molar-refractivity contribution >= 4 is 69.1 Å². The maximum Gasteiger partial charge on any atom is 0.266 e. The third-order valence-corrected chi connectivity index (χ3v) is 8.39. The Labute approximate surface area is 248 Å². The molecule has 2 aromatic carbocycles. The van der Waals surface area contributed by atoms with Crippen molar-refractivity contribution in [1.82, 2.24) is 20.4 Å². The smallest absolute Gasteiger partial charge is 0.266 e. The van der Waals surface area contributed by atoms with E-state index in [1.165, 1.54) is 9.80 Å². The highest BCUT2D eigenvalue weighted by atomic mass is 32.2. The fourth-order valence-corrected chi connectivity index (χ4v) is 6.04. The van der Waals surface area contributed by atoms with E-state index in [1.807, 2.05) is 60.7 Å². The van der Waals surface area contributed by atoms with E-state index in [2.05, 4.69) is 10.6 Å². The van der Waals surface area contributed by atoms with Crippen LogP contribution in [0, 0.1) is 0 Å². The molecule has 2 aliphatic heterocycles. The van der Waals surface area contributed by atoms with Crippen molar-refractivity contribution in [2.45, 2.75) is 32.1 Å². The molecule has 0 unspecified atom stereocenters. The summed E-state index contributed by atoms with van der Waals surface area (Å²) in [5.41, 5.74) is 2.55. The zero-order valence-corrected chi connectivity index (χ0v) is 24.3. The molecule has 2 fully saturated rings. The molecule has 4 amide bonds. The van der Waals surface area contributed by atoms with Gasteiger partial charge in [0.15, 0.2) is 0 Å². The molecular weight excluding hydrogens is 565 g/mol. The van der Waals surface area contributed by atoms with Gasteiger partial charge in [0, 0.05) is 51.0 Å². The maximum atomic E-state index is 13.1. The molecule has 0 aromatic heterocycles. The van der Waals surface area contributed by atoms with Gasteiger partial charge in [-0.3, -0.25) is 24.1 Å². The third kappa shape index (κ3) is 7.83. The number of benzene rings is 2. The average Bonchev–Trinajstić information content (AvgIpc) is 3.40. The second-order valence-electron chi connectivity index (χ2n) is 9.33. The molecule has 0 aliphatic carbocycles. The van der Waals surface area contributed by atoms with Gasteiger partial charge in [-0.15, -0.1) is 0 Å². The predicted molar refractivity (Wildman–Crippen MR) is 163 cm³/mol. The van der Waals surface area contributed by atoms with E-state index in [9.17, 15) is 19.2 Å². The van der Waals surface area contributed by atoms with Gasteiger partial charge in [-0.1, -0.05) is 96.9 Å². The van der Waals surface area contributed by atoms with Crippen LogP contribution in [0.5, 0.6) is 0 Å². The van der Waals surface area contributed by atoms with Crippen molar-refractivity contribution in [3.63, 3.8) is 0 Å². The second kappa shape index (κ2) is 14.3. The van der Waals surface area contributed by atoms with Crippen LogP contribution in [0.1, 0.15) is 30.4 Å². The normalized spacial score (nSPS) is 17.1. The monoisotopic (exact) mass is 594 g/mol. The maximum absolute atomic E-state index is 13.1. The van der Waals surface area contributed by atoms with Crippen molar-refractivity contribution in [1.29, 1.82) is 0 Å². The summed E-state index contributed by atoms with van der Waals surface area (Å²) in [6.07, 6.45) is 1.78. The Kier molecular flexibility index (Phi) is 10.6. The number of carbonyl (C=O) groups excluding carboxylic acids is 4. The summed E-state index contributed by atoms with van der Waals surface area (Å²) in [5.74, 6) is -1.11. The number of carbonyl (C=O) groups is 4. The number of thioether (sulfide) groups is 1. The largest absolute Gasteiger partial charge is 0.356 e. The number of thiocarbonyl (C=S) groups is 2. The number of nitrogens with zero attached hydrogens (tertiary/aromatic N) is 2. The highest BCUT2D eigenvalue weighted by Crippen LogP contribution is 2.37. The van der Waals surface area contributed by atoms with E-state index in [0.717, 1.165) is 29.3 Å². The summed E-state index contributed by atoms with van der Waals surface area (Å²) in [7, 11) is 0. The lowest BCUT2D eigenvalue weighted by Crippen LogP contribution is -2.35. The Morgan fingerprint density at radius 3 is 1.77 bits per heavy atom. The molecule has 2 N–H and O–H groups in total. The minimum atomic E-state index is -0.390. The summed E-state index contributed by atoms with van der Waals surface area (Å²) >= 11 is 11.9. The third-order valence-electron chi connectivity index (χ3n) is 6.54. The zero-order chi connectivity index (χ0) is 28.5. The van der Waals surface area contributed by atoms with Crippen LogP contribution < -0.4 is 10.6 Å². The van der Waals surface area contributed by atoms with Crippen molar-refractivity contribution in [3.8, 4) is 0 Å². The lowest BCUT2D eigenvalue weighted by atomic mass is 10.1. The molecule has 2 heterocycles. The molecule has 11 heteroatoms. The predicted octanol–water partition coefficient (Wildman–Crippen LogP) is 3.16. The average molecular weight is 595 g/mol. The number of nitrogens with one attached hydrogen (secondary N) is 2. The van der Waals surface area contributed by atoms with Gasteiger partial charge in [-0.2, -0.15) is 0 Å². The van der Waals surface area contributed by atoms with Gasteiger partial charge < -0.3 is 15.5 Å². The van der Waals surface area contributed by atoms with Crippen LogP contribution in [0.4, 0.5) is 0 Å². The van der Waals surface area contributed by atoms with Crippen LogP contribution in [0.25, 0.3) is 0 Å². The summed E-state index contributed by atoms with van der Waals surface area (Å²) in [6.45, 7) is 1.27. The Morgan fingerprint density at radius 1 is 0.750 bits per heavy atom. The Hall–Kier alpha value is -3.41. The van der Waals surface area contributed by atoms with Gasteiger partial charge >= 0.3 is 0 Å². The lowest BCUT2D eigenvalue weighted by Gasteiger charge is -2.15. The van der Waals surface area contributed by atoms with Crippen LogP contribution in [-0.4, -0.2) is 68.9 Å². The van der Waals surface area contributed by atoms with Gasteiger partial charge in [0.25, 0.3) is 11.8 Å². The van der Waals surface area contributed by atoms with E-state index in [1.54, 1.807) is 0 Å². The highest BCUT2D eigenvalue weighted by molar-refractivity contribution is 8.26. The van der Waals surface area contributed by atoms with E-state index < -0.39 is 5.91 Å². The topological polar surface area (TPSA) is 98.8 Å². The first kappa shape index (κ1) is 29.6. The first-order chi connectivity index (χ1) is 19.3. The quantitative estimate of drug-likeness (QED) is 0.288. The van der Waals surface area contributed by atoms with Gasteiger partial charge in [-0.05, 0) is 24.0 Å². The summed E-state index contributed by atoms with van der Waals surface area (Å²) in [6, 6.07) is 19.7. The van der Waals surface area contributed by atoms with Crippen LogP contribution in [0.3, 0.4) is 0 Å². The second-order valence-corrected chi connectivity index (χ2v) is 11.4. The fourth-order valence-electron chi connectivity index (χ4n) is 4.36. The number of hydrogen-bond donors (Lipinski definition) is 2. The van der Waals surface area contributed by atoms with Crippen LogP contribution in [-0.2, 0) is 32.0 Å². The van der Waals surface area contributed by atoms with Gasteiger partial charge in [0.1, 0.15) is 4.32 Å². The van der Waals surface area contributed by atoms with Crippen LogP contribution in [0.2, 0.25) is 0 Å². The van der Waals surface area contributed by atoms with Gasteiger partial charge in [0.05, 0.1) is 9.89 Å². The summed E-state index contributed by atoms with van der Waals surface area (Å²) < 4.78 is 0.305. The molecule has 208 valence electrons. The molecule has 2 aliphatic rings. The molecule has 0 atom stereocenters. The first-order valence-electron chi connectivity index (χ1n) is 13.1. The lowest BCUT2D eigenvalue weighted by molar-refractivity contribution is -0.126. The number of likely N-dealkylation sites (tertiary alicyclic amines) is 1. The SMILES string of the molecule is O=C(CCN1C(=O)/C(=C2\SC(=S)N(CCC(=O)NCCc3ccccc3)C2=O)CC1=S)NCCc1ccccc1. The molecule has 2 aromatic rings. The molecule has 0 spiro atoms. The van der Waals surface area contributed by atoms with E-state index in [-0.39, 0.29) is 55.0 Å². The highest BCUT2D eigenvalue weighted by Gasteiger charge is 2.41. The molecule has 0 saturated carbocycles. The standard InChI is InChI=1S/C29H30N4O4S3/c34-23(30-15-11-20-7-3-1-4-8-20)13-17-32-25(38)19-22(27(32)36)26-28(37)33(29(39)40-26)18-14-24(35)31-16-12-21-9-5-2-6-10-21/h1-10H,11-19H2,(H,30,34)(H,31,35)/b26-22-. The number of rotatable bonds is 12. The summed E-state index contributed by atoms with van der Waals surface area (Å²) in [5, 5.41) is 5.73. The van der Waals surface area contributed by atoms with Crippen LogP contribution in [0.15, 0.2) is 71.1 Å². The fraction of sp³-hybridized carbons (Fsp3) is 0.310. The molecule has 40 heavy (non-hydrogen) atoms. The van der Waals surface area contributed by atoms with Crippen LogP contribution >= 0.6 is 36.2 Å². The Morgan fingerprint density at radius 2 is 1.25 bits per heavy atom. The molecule has 8 nitrogen and oxygen atoms in total. The van der Waals surface area contributed by atoms with Gasteiger partial charge in [0.2, 0.25) is 11.8 Å². The number of amides is 4. The van der Waals surface area contributed by atoms with E-state index in [4.69, 9.17) is 24.4 Å². The van der Waals surface area contributed by atoms with Gasteiger partial charge in [-0.25, -0.2) is 0 Å². The molecule has 0 bridgehead atoms. The Balaban J connectivity index is 1.24. The minimum absolute atomic E-state index is 0.0989. The van der Waals surface area contributed by atoms with Crippen molar-refractivity contribution in [3.05, 3.63) is 82.3 Å². The van der Waals surface area contributed by atoms with E-state index >= 15 is 0 Å². The number of hydrogen-bond acceptors (Lipinski definition) is 7. The zero-order valence-electron chi connectivity index (χ0n) is 21.9. The van der Waals surface area contributed by atoms with Crippen molar-refractivity contribution in [2.24, 2.45) is 0 Å². The molecule has 2 saturated heterocycles. The Bertz CT molecular complexity index is 1230. The molecule has 4 rings (SSSR count). The summed E-state index contributed by atoms with van der Waals surface area (Å²) in [4.78, 5) is 54.3. The van der Waals surface area contributed by atoms with Crippen molar-refractivity contribution in [2.75, 3.05) is 26.2 Å². The van der Waals surface area contributed by atoms with Crippen molar-refractivity contribution < 1.29 is 19.2 Å². The minimum Gasteiger partial charge on any atom is -0.356 e. The molecular formula is C29H30N4O4S3. The first-order valence-corrected chi connectivity index (χ1v) is 14.7. The van der Waals surface area contributed by atoms with E-state index in [0.29, 0.717) is 34.4 Å².